The molecule has 0 saturated carbocycles. The first kappa shape index (κ1) is 15.1. The molecule has 0 aliphatic heterocycles. The summed E-state index contributed by atoms with van der Waals surface area (Å²) in [6, 6.07) is 0. The summed E-state index contributed by atoms with van der Waals surface area (Å²) in [5.41, 5.74) is 2.65. The van der Waals surface area contributed by atoms with E-state index in [-0.39, 0.29) is 0 Å². The summed E-state index contributed by atoms with van der Waals surface area (Å²) in [4.78, 5) is 30.7. The van der Waals surface area contributed by atoms with E-state index in [1.165, 1.54) is 0 Å². The summed E-state index contributed by atoms with van der Waals surface area (Å²) >= 11 is 0. The molecule has 0 atom stereocenters. The second-order valence-corrected chi connectivity index (χ2v) is 5.49. The van der Waals surface area contributed by atoms with E-state index < -0.39 is 5.41 Å². The average Bonchev–Trinajstić information content (AvgIpc) is 2.31. The Morgan fingerprint density at radius 2 is 1.16 bits per heavy atom. The molecule has 0 unspecified atom stereocenters. The fraction of sp³-hybridized carbons (Fsp3) is 0.538. The van der Waals surface area contributed by atoms with Gasteiger partial charge >= 0.3 is 0 Å². The minimum Gasteiger partial charge on any atom is -0.323 e. The number of rotatable bonds is 4. The third-order valence-corrected chi connectivity index (χ3v) is 3.27. The van der Waals surface area contributed by atoms with Gasteiger partial charge in [0.2, 0.25) is 0 Å². The molecule has 0 aromatic heterocycles. The molecular weight excluding hydrogens is 248 g/mol. The molecule has 0 N–H and O–H groups in total. The molecular formula is C13H18N2O4. The van der Waals surface area contributed by atoms with Gasteiger partial charge in [0, 0.05) is 5.56 Å². The Morgan fingerprint density at radius 3 is 1.42 bits per heavy atom. The number of nitrogens with zero attached hydrogens (tertiary/aromatic N) is 2. The molecule has 0 aliphatic rings. The molecule has 0 spiro atoms. The highest BCUT2D eigenvalue weighted by atomic mass is 16.7. The van der Waals surface area contributed by atoms with Crippen molar-refractivity contribution in [1.29, 1.82) is 0 Å². The van der Waals surface area contributed by atoms with Crippen LogP contribution in [0.5, 0.6) is 11.5 Å². The van der Waals surface area contributed by atoms with Crippen molar-refractivity contribution in [3.8, 4) is 11.5 Å². The Labute approximate surface area is 112 Å². The van der Waals surface area contributed by atoms with Crippen LogP contribution in [0.1, 0.15) is 43.0 Å². The standard InChI is InChI=1S/C13H18N2O4/c1-7-8(2)11(18-14-16)10(13(4,5)6)12(9(7)3)19-15-17/h1-6H3. The molecule has 0 amide bonds. The second kappa shape index (κ2) is 5.34. The lowest BCUT2D eigenvalue weighted by atomic mass is 9.82. The molecule has 1 aromatic rings. The van der Waals surface area contributed by atoms with Gasteiger partial charge in [-0.1, -0.05) is 20.8 Å². The van der Waals surface area contributed by atoms with E-state index in [1.54, 1.807) is 0 Å². The highest BCUT2D eigenvalue weighted by Crippen LogP contribution is 2.45. The highest BCUT2D eigenvalue weighted by Gasteiger charge is 2.30. The minimum absolute atomic E-state index is 0.323. The van der Waals surface area contributed by atoms with Gasteiger partial charge < -0.3 is 9.68 Å². The molecule has 0 bridgehead atoms. The van der Waals surface area contributed by atoms with Crippen LogP contribution in [0.3, 0.4) is 0 Å². The van der Waals surface area contributed by atoms with Crippen LogP contribution in [0.2, 0.25) is 0 Å². The van der Waals surface area contributed by atoms with Gasteiger partial charge in [0.05, 0.1) is 0 Å². The van der Waals surface area contributed by atoms with Gasteiger partial charge in [-0.15, -0.1) is 9.81 Å². The maximum absolute atomic E-state index is 10.5. The molecule has 0 fully saturated rings. The monoisotopic (exact) mass is 266 g/mol. The van der Waals surface area contributed by atoms with Crippen LogP contribution >= 0.6 is 0 Å². The molecule has 0 radical (unpaired) electrons. The minimum atomic E-state index is -0.400. The van der Waals surface area contributed by atoms with Crippen molar-refractivity contribution < 1.29 is 9.68 Å². The highest BCUT2D eigenvalue weighted by molar-refractivity contribution is 5.60. The van der Waals surface area contributed by atoms with Crippen LogP contribution in [0, 0.1) is 30.6 Å². The average molecular weight is 266 g/mol. The molecule has 0 saturated heterocycles. The van der Waals surface area contributed by atoms with Crippen molar-refractivity contribution in [1.82, 2.24) is 0 Å². The molecule has 104 valence electrons. The van der Waals surface area contributed by atoms with Gasteiger partial charge in [0.1, 0.15) is 0 Å². The molecule has 0 aliphatic carbocycles. The predicted octanol–water partition coefficient (Wildman–Crippen LogP) is 4.03. The van der Waals surface area contributed by atoms with E-state index in [0.29, 0.717) is 17.1 Å². The van der Waals surface area contributed by atoms with Crippen molar-refractivity contribution in [2.75, 3.05) is 0 Å². The van der Waals surface area contributed by atoms with E-state index in [0.717, 1.165) is 16.7 Å². The first-order valence-corrected chi connectivity index (χ1v) is 5.89. The van der Waals surface area contributed by atoms with Gasteiger partial charge in [-0.2, -0.15) is 0 Å². The first-order valence-electron chi connectivity index (χ1n) is 5.89. The van der Waals surface area contributed by atoms with Crippen LogP contribution < -0.4 is 9.68 Å². The lowest BCUT2D eigenvalue weighted by Gasteiger charge is -2.26. The fourth-order valence-electron chi connectivity index (χ4n) is 2.08. The van der Waals surface area contributed by atoms with Crippen LogP contribution in [-0.2, 0) is 5.41 Å². The third kappa shape index (κ3) is 2.72. The number of benzene rings is 1. The maximum Gasteiger partial charge on any atom is 0.172 e. The van der Waals surface area contributed by atoms with E-state index in [2.05, 4.69) is 10.7 Å². The summed E-state index contributed by atoms with van der Waals surface area (Å²) in [7, 11) is 0. The molecule has 6 heteroatoms. The zero-order chi connectivity index (χ0) is 14.8. The Balaban J connectivity index is 3.79. The first-order chi connectivity index (χ1) is 8.75. The third-order valence-electron chi connectivity index (χ3n) is 3.27. The van der Waals surface area contributed by atoms with E-state index in [4.69, 9.17) is 9.68 Å². The Kier molecular flexibility index (Phi) is 4.24. The summed E-state index contributed by atoms with van der Waals surface area (Å²) in [6.45, 7) is 11.3. The van der Waals surface area contributed by atoms with Crippen molar-refractivity contribution in [2.24, 2.45) is 10.7 Å². The number of hydrogen-bond donors (Lipinski definition) is 0. The largest absolute Gasteiger partial charge is 0.323 e. The summed E-state index contributed by atoms with van der Waals surface area (Å²) < 4.78 is 0. The molecule has 19 heavy (non-hydrogen) atoms. The van der Waals surface area contributed by atoms with Crippen LogP contribution in [-0.4, -0.2) is 0 Å². The van der Waals surface area contributed by atoms with Crippen molar-refractivity contribution in [3.63, 3.8) is 0 Å². The van der Waals surface area contributed by atoms with Crippen molar-refractivity contribution in [2.45, 2.75) is 47.0 Å². The van der Waals surface area contributed by atoms with Crippen molar-refractivity contribution >= 4 is 0 Å². The summed E-state index contributed by atoms with van der Waals surface area (Å²) in [5.74, 6) is 0.647. The SMILES string of the molecule is Cc1c(C)c(ON=O)c(C(C)(C)C)c(ON=O)c1C. The van der Waals surface area contributed by atoms with Crippen molar-refractivity contribution in [3.05, 3.63) is 32.1 Å². The zero-order valence-corrected chi connectivity index (χ0v) is 12.0. The zero-order valence-electron chi connectivity index (χ0n) is 12.0. The molecule has 6 nitrogen and oxygen atoms in total. The quantitative estimate of drug-likeness (QED) is 0.608. The topological polar surface area (TPSA) is 77.3 Å². The Morgan fingerprint density at radius 1 is 0.789 bits per heavy atom. The number of hydrogen-bond acceptors (Lipinski definition) is 6. The van der Waals surface area contributed by atoms with Crippen LogP contribution in [0.15, 0.2) is 10.7 Å². The Hall–Kier alpha value is -1.98. The summed E-state index contributed by atoms with van der Waals surface area (Å²) in [5, 5.41) is 5.00. The van der Waals surface area contributed by atoms with Gasteiger partial charge in [-0.05, 0) is 42.9 Å². The van der Waals surface area contributed by atoms with Crippen LogP contribution in [0.25, 0.3) is 0 Å². The predicted molar refractivity (Wildman–Crippen MR) is 72.2 cm³/mol. The van der Waals surface area contributed by atoms with Gasteiger partial charge in [-0.3, -0.25) is 0 Å². The molecule has 1 rings (SSSR count). The van der Waals surface area contributed by atoms with Gasteiger partial charge in [-0.25, -0.2) is 0 Å². The molecule has 1 aromatic carbocycles. The Bertz CT molecular complexity index is 481. The lowest BCUT2D eigenvalue weighted by molar-refractivity contribution is 0.296. The molecule has 0 heterocycles. The van der Waals surface area contributed by atoms with E-state index in [9.17, 15) is 9.81 Å². The van der Waals surface area contributed by atoms with Crippen LogP contribution in [0.4, 0.5) is 0 Å². The van der Waals surface area contributed by atoms with Gasteiger partial charge in [0.25, 0.3) is 0 Å². The van der Waals surface area contributed by atoms with E-state index in [1.807, 2.05) is 41.5 Å². The smallest absolute Gasteiger partial charge is 0.172 e. The second-order valence-electron chi connectivity index (χ2n) is 5.49. The van der Waals surface area contributed by atoms with Gasteiger partial charge in [0.15, 0.2) is 22.2 Å². The summed E-state index contributed by atoms with van der Waals surface area (Å²) in [6.07, 6.45) is 0. The normalized spacial score (nSPS) is 11.1. The lowest BCUT2D eigenvalue weighted by Crippen LogP contribution is -2.16. The fourth-order valence-corrected chi connectivity index (χ4v) is 2.08. The maximum atomic E-state index is 10.5. The van der Waals surface area contributed by atoms with E-state index >= 15 is 0 Å².